The van der Waals surface area contributed by atoms with Gasteiger partial charge in [-0.25, -0.2) is 0 Å². The van der Waals surface area contributed by atoms with Crippen LogP contribution in [-0.2, 0) is 9.13 Å². The Morgan fingerprint density at radius 3 is 1.39 bits per heavy atom. The lowest BCUT2D eigenvalue weighted by molar-refractivity contribution is 0.347. The summed E-state index contributed by atoms with van der Waals surface area (Å²) in [6, 6.07) is 0. The minimum Gasteiger partial charge on any atom is -0.343 e. The van der Waals surface area contributed by atoms with Crippen LogP contribution in [0.15, 0.2) is 46.6 Å². The van der Waals surface area contributed by atoms with E-state index < -0.39 is 19.9 Å². The van der Waals surface area contributed by atoms with Crippen LogP contribution < -0.4 is 0 Å². The second kappa shape index (κ2) is 13.8. The van der Waals surface area contributed by atoms with Gasteiger partial charge in [0, 0.05) is 6.16 Å². The predicted molar refractivity (Wildman–Crippen MR) is 134 cm³/mol. The van der Waals surface area contributed by atoms with Crippen LogP contribution in [0.4, 0.5) is 0 Å². The van der Waals surface area contributed by atoms with Gasteiger partial charge in [-0.05, 0) is 93.4 Å². The molecule has 1 unspecified atom stereocenters. The van der Waals surface area contributed by atoms with Gasteiger partial charge in [-0.1, -0.05) is 46.6 Å². The normalized spacial score (nSPS) is 16.3. The molecule has 0 aromatic rings. The van der Waals surface area contributed by atoms with Crippen molar-refractivity contribution in [3.63, 3.8) is 0 Å². The Bertz CT molecular complexity index is 778. The maximum absolute atomic E-state index is 12.4. The monoisotopic (exact) mass is 474 g/mol. The molecule has 0 aromatic heterocycles. The maximum Gasteiger partial charge on any atom is 0.340 e. The molecule has 180 valence electrons. The second-order valence-corrected chi connectivity index (χ2v) is 14.8. The summed E-state index contributed by atoms with van der Waals surface area (Å²) in [6.07, 6.45) is 15.1. The van der Waals surface area contributed by atoms with Gasteiger partial charge >= 0.3 is 7.60 Å². The van der Waals surface area contributed by atoms with Gasteiger partial charge in [0.05, 0.1) is 0 Å². The SMILES string of the molecule is CC(C)=CCCC(C)=CCCC(C)=CCCC(C)=CCCP(=O)(O)C(C)(C)P(=O)(O)O. The molecule has 0 bridgehead atoms. The van der Waals surface area contributed by atoms with E-state index in [1.54, 1.807) is 0 Å². The summed E-state index contributed by atoms with van der Waals surface area (Å²) in [5.74, 6) is 0. The molecule has 0 aliphatic rings. The van der Waals surface area contributed by atoms with Crippen LogP contribution >= 0.6 is 15.0 Å². The third-order valence-electron chi connectivity index (χ3n) is 5.65. The average Bonchev–Trinajstić information content (AvgIpc) is 2.60. The molecule has 31 heavy (non-hydrogen) atoms. The highest BCUT2D eigenvalue weighted by molar-refractivity contribution is 7.75. The topological polar surface area (TPSA) is 94.8 Å². The Morgan fingerprint density at radius 2 is 1.03 bits per heavy atom. The predicted octanol–water partition coefficient (Wildman–Crippen LogP) is 7.71. The van der Waals surface area contributed by atoms with Crippen LogP contribution in [0.2, 0.25) is 0 Å². The molecule has 0 heterocycles. The highest BCUT2D eigenvalue weighted by atomic mass is 31.2. The smallest absolute Gasteiger partial charge is 0.340 e. The zero-order valence-electron chi connectivity index (χ0n) is 20.5. The highest BCUT2D eigenvalue weighted by Crippen LogP contribution is 2.70. The zero-order valence-corrected chi connectivity index (χ0v) is 22.3. The van der Waals surface area contributed by atoms with Crippen molar-refractivity contribution in [2.75, 3.05) is 6.16 Å². The van der Waals surface area contributed by atoms with Gasteiger partial charge in [0.15, 0.2) is 0 Å². The van der Waals surface area contributed by atoms with Crippen LogP contribution in [0.25, 0.3) is 0 Å². The lowest BCUT2D eigenvalue weighted by Crippen LogP contribution is -2.21. The molecule has 3 N–H and O–H groups in total. The van der Waals surface area contributed by atoms with E-state index in [2.05, 4.69) is 45.9 Å². The fourth-order valence-corrected chi connectivity index (χ4v) is 5.90. The van der Waals surface area contributed by atoms with Crippen LogP contribution in [0.1, 0.15) is 93.4 Å². The maximum atomic E-state index is 12.4. The van der Waals surface area contributed by atoms with Crippen molar-refractivity contribution in [3.8, 4) is 0 Å². The van der Waals surface area contributed by atoms with Crippen molar-refractivity contribution < 1.29 is 23.8 Å². The van der Waals surface area contributed by atoms with Crippen molar-refractivity contribution in [1.29, 1.82) is 0 Å². The third kappa shape index (κ3) is 12.2. The first-order valence-corrected chi connectivity index (χ1v) is 14.5. The molecule has 0 rings (SSSR count). The summed E-state index contributed by atoms with van der Waals surface area (Å²) in [7, 11) is -8.63. The van der Waals surface area contributed by atoms with E-state index in [1.807, 2.05) is 13.0 Å². The van der Waals surface area contributed by atoms with Crippen molar-refractivity contribution in [3.05, 3.63) is 46.6 Å². The second-order valence-electron chi connectivity index (χ2n) is 9.30. The molecule has 0 aliphatic heterocycles. The molecule has 0 radical (unpaired) electrons. The Balaban J connectivity index is 4.42. The lowest BCUT2D eigenvalue weighted by Gasteiger charge is -2.30. The van der Waals surface area contributed by atoms with Crippen molar-refractivity contribution >= 4 is 15.0 Å². The van der Waals surface area contributed by atoms with Crippen molar-refractivity contribution in [1.82, 2.24) is 0 Å². The summed E-state index contributed by atoms with van der Waals surface area (Å²) in [5, 5.41) is 0. The molecule has 7 heteroatoms. The molecule has 5 nitrogen and oxygen atoms in total. The largest absolute Gasteiger partial charge is 0.343 e. The molecule has 1 atom stereocenters. The minimum atomic E-state index is -4.66. The van der Waals surface area contributed by atoms with Gasteiger partial charge in [0.1, 0.15) is 4.90 Å². The first-order chi connectivity index (χ1) is 14.1. The van der Waals surface area contributed by atoms with Gasteiger partial charge in [0.25, 0.3) is 0 Å². The van der Waals surface area contributed by atoms with Crippen LogP contribution in [0.3, 0.4) is 0 Å². The Labute approximate surface area is 190 Å². The van der Waals surface area contributed by atoms with E-state index in [9.17, 15) is 23.8 Å². The van der Waals surface area contributed by atoms with Gasteiger partial charge in [0.2, 0.25) is 7.37 Å². The Morgan fingerprint density at radius 1 is 0.677 bits per heavy atom. The molecule has 0 fully saturated rings. The van der Waals surface area contributed by atoms with Crippen LogP contribution in [-0.4, -0.2) is 25.7 Å². The Kier molecular flexibility index (Phi) is 13.4. The molecular weight excluding hydrogens is 430 g/mol. The molecule has 0 saturated heterocycles. The van der Waals surface area contributed by atoms with E-state index in [0.717, 1.165) is 44.1 Å². The van der Waals surface area contributed by atoms with Crippen LogP contribution in [0.5, 0.6) is 0 Å². The van der Waals surface area contributed by atoms with Gasteiger partial charge in [-0.3, -0.25) is 9.13 Å². The first kappa shape index (κ1) is 30.3. The number of hydrogen-bond donors (Lipinski definition) is 3. The quantitative estimate of drug-likeness (QED) is 0.177. The van der Waals surface area contributed by atoms with E-state index in [1.165, 1.54) is 30.6 Å². The summed E-state index contributed by atoms with van der Waals surface area (Å²) in [5.41, 5.74) is 5.29. The third-order valence-corrected chi connectivity index (χ3v) is 11.4. The molecule has 0 saturated carbocycles. The summed E-state index contributed by atoms with van der Waals surface area (Å²) in [6.45, 7) is 12.9. The molecule has 0 spiro atoms. The summed E-state index contributed by atoms with van der Waals surface area (Å²) < 4.78 is 23.9. The summed E-state index contributed by atoms with van der Waals surface area (Å²) in [4.78, 5) is 27.0. The fraction of sp³-hybridized carbons (Fsp3) is 0.667. The number of rotatable bonds is 14. The molecule has 0 aliphatic carbocycles. The Hall–Kier alpha value is -0.700. The molecule has 0 aromatic carbocycles. The van der Waals surface area contributed by atoms with E-state index in [4.69, 9.17) is 0 Å². The van der Waals surface area contributed by atoms with Gasteiger partial charge < -0.3 is 14.7 Å². The lowest BCUT2D eigenvalue weighted by atomic mass is 10.0. The van der Waals surface area contributed by atoms with Crippen molar-refractivity contribution in [2.24, 2.45) is 0 Å². The molecule has 0 amide bonds. The van der Waals surface area contributed by atoms with Gasteiger partial charge in [-0.2, -0.15) is 0 Å². The van der Waals surface area contributed by atoms with Gasteiger partial charge in [-0.15, -0.1) is 0 Å². The zero-order chi connectivity index (χ0) is 24.3. The van der Waals surface area contributed by atoms with Crippen molar-refractivity contribution in [2.45, 2.75) is 98.3 Å². The highest BCUT2D eigenvalue weighted by Gasteiger charge is 2.51. The average molecular weight is 475 g/mol. The standard InChI is InChI=1S/C24H44O5P2/c1-20(2)12-8-13-21(3)14-9-15-22(4)16-10-17-23(5)18-11-19-30(25,26)24(6,7)31(27,28)29/h12,14,16,18H,8-11,13,15,17,19H2,1-7H3,(H,25,26)(H2,27,28,29). The van der Waals surface area contributed by atoms with E-state index in [-0.39, 0.29) is 6.16 Å². The van der Waals surface area contributed by atoms with Crippen LogP contribution in [0, 0.1) is 0 Å². The minimum absolute atomic E-state index is 0.128. The van der Waals surface area contributed by atoms with E-state index in [0.29, 0.717) is 6.42 Å². The summed E-state index contributed by atoms with van der Waals surface area (Å²) >= 11 is 0. The number of hydrogen-bond acceptors (Lipinski definition) is 2. The van der Waals surface area contributed by atoms with E-state index >= 15 is 0 Å². The number of allylic oxidation sites excluding steroid dienone is 8. The molecular formula is C24H44O5P2. The fourth-order valence-electron chi connectivity index (χ4n) is 2.95. The first-order valence-electron chi connectivity index (χ1n) is 11.1.